The summed E-state index contributed by atoms with van der Waals surface area (Å²) >= 11 is 1.55. The van der Waals surface area contributed by atoms with Gasteiger partial charge in [-0.25, -0.2) is 0 Å². The minimum Gasteiger partial charge on any atom is -0.459 e. The Hall–Kier alpha value is -2.63. The molecule has 0 amide bonds. The molecule has 10 nitrogen and oxygen atoms in total. The highest BCUT2D eigenvalue weighted by molar-refractivity contribution is 7.98. The predicted octanol–water partition coefficient (Wildman–Crippen LogP) is 5.26. The highest BCUT2D eigenvalue weighted by atomic mass is 32.2. The van der Waals surface area contributed by atoms with E-state index in [1.165, 1.54) is 0 Å². The van der Waals surface area contributed by atoms with Gasteiger partial charge < -0.3 is 18.9 Å². The lowest BCUT2D eigenvalue weighted by Gasteiger charge is -2.34. The van der Waals surface area contributed by atoms with Crippen molar-refractivity contribution in [1.29, 1.82) is 0 Å². The number of carbonyl (C=O) groups is 4. The summed E-state index contributed by atoms with van der Waals surface area (Å²) in [6.45, 7) is 21.1. The van der Waals surface area contributed by atoms with E-state index in [1.807, 2.05) is 30.3 Å². The van der Waals surface area contributed by atoms with Gasteiger partial charge in [-0.2, -0.15) is 11.8 Å². The van der Waals surface area contributed by atoms with Crippen LogP contribution in [0.5, 0.6) is 0 Å². The maximum atomic E-state index is 13.6. The van der Waals surface area contributed by atoms with Crippen molar-refractivity contribution in [3.05, 3.63) is 35.9 Å². The molecule has 0 aromatic heterocycles. The number of ether oxygens (including phenoxy) is 4. The van der Waals surface area contributed by atoms with Crippen molar-refractivity contribution in [2.75, 3.05) is 38.5 Å². The van der Waals surface area contributed by atoms with Crippen molar-refractivity contribution in [2.45, 2.75) is 117 Å². The monoisotopic (exact) mass is 652 g/mol. The second kappa shape index (κ2) is 17.3. The molecule has 0 saturated heterocycles. The molecular formula is C34H56N2O8S. The molecule has 0 fully saturated rings. The molecule has 1 aromatic carbocycles. The van der Waals surface area contributed by atoms with Crippen LogP contribution in [-0.2, 0) is 43.9 Å². The smallest absolute Gasteiger partial charge is 0.324 e. The van der Waals surface area contributed by atoms with Crippen molar-refractivity contribution in [1.82, 2.24) is 9.80 Å². The van der Waals surface area contributed by atoms with Crippen molar-refractivity contribution in [3.8, 4) is 0 Å². The first-order valence-electron chi connectivity index (χ1n) is 15.4. The average Bonchev–Trinajstić information content (AvgIpc) is 2.80. The lowest BCUT2D eigenvalue weighted by atomic mass is 10.2. The fourth-order valence-corrected chi connectivity index (χ4v) is 5.15. The van der Waals surface area contributed by atoms with E-state index in [-0.39, 0.29) is 32.7 Å². The summed E-state index contributed by atoms with van der Waals surface area (Å²) in [7, 11) is 0. The van der Waals surface area contributed by atoms with Crippen LogP contribution < -0.4 is 0 Å². The van der Waals surface area contributed by atoms with Gasteiger partial charge in [-0.1, -0.05) is 30.3 Å². The zero-order chi connectivity index (χ0) is 34.6. The Balaban J connectivity index is 3.35. The van der Waals surface area contributed by atoms with E-state index in [0.29, 0.717) is 11.5 Å². The van der Waals surface area contributed by atoms with Crippen LogP contribution in [0.3, 0.4) is 0 Å². The topological polar surface area (TPSA) is 112 Å². The maximum Gasteiger partial charge on any atom is 0.324 e. The molecule has 1 unspecified atom stereocenters. The van der Waals surface area contributed by atoms with Gasteiger partial charge in [0.1, 0.15) is 28.4 Å². The van der Waals surface area contributed by atoms with Gasteiger partial charge in [-0.05, 0) is 88.6 Å². The molecule has 0 bridgehead atoms. The van der Waals surface area contributed by atoms with Gasteiger partial charge in [-0.15, -0.1) is 0 Å². The molecule has 0 saturated carbocycles. The second-order valence-electron chi connectivity index (χ2n) is 15.0. The Bertz CT molecular complexity index is 1070. The molecule has 256 valence electrons. The minimum absolute atomic E-state index is 0.153. The fourth-order valence-electron chi connectivity index (χ4n) is 4.04. The van der Waals surface area contributed by atoms with Gasteiger partial charge in [0.25, 0.3) is 0 Å². The quantitative estimate of drug-likeness (QED) is 0.183. The molecule has 0 radical (unpaired) electrons. The zero-order valence-electron chi connectivity index (χ0n) is 29.5. The minimum atomic E-state index is -0.810. The van der Waals surface area contributed by atoms with Crippen LogP contribution >= 0.6 is 11.8 Å². The molecule has 0 N–H and O–H groups in total. The molecule has 0 aliphatic rings. The third-order valence-corrected chi connectivity index (χ3v) is 6.60. The van der Waals surface area contributed by atoms with Gasteiger partial charge in [0.15, 0.2) is 0 Å². The number of nitrogens with zero attached hydrogens (tertiary/aromatic N) is 2. The summed E-state index contributed by atoms with van der Waals surface area (Å²) in [5.41, 5.74) is -1.81. The second-order valence-corrected chi connectivity index (χ2v) is 16.0. The normalized spacial score (nSPS) is 13.4. The van der Waals surface area contributed by atoms with E-state index in [1.54, 1.807) is 105 Å². The van der Waals surface area contributed by atoms with E-state index in [4.69, 9.17) is 18.9 Å². The number of carbonyl (C=O) groups excluding carboxylic acids is 4. The first-order chi connectivity index (χ1) is 20.4. The largest absolute Gasteiger partial charge is 0.459 e. The fraction of sp³-hybridized carbons (Fsp3) is 0.706. The van der Waals surface area contributed by atoms with Crippen LogP contribution in [0, 0.1) is 0 Å². The third kappa shape index (κ3) is 20.2. The van der Waals surface area contributed by atoms with Crippen LogP contribution in [0.4, 0.5) is 0 Å². The molecule has 1 rings (SSSR count). The first kappa shape index (κ1) is 40.4. The molecule has 0 aliphatic heterocycles. The van der Waals surface area contributed by atoms with Gasteiger partial charge in [0.05, 0.1) is 19.6 Å². The summed E-state index contributed by atoms with van der Waals surface area (Å²) in [6.07, 6.45) is 0. The zero-order valence-corrected chi connectivity index (χ0v) is 30.3. The Morgan fingerprint density at radius 3 is 1.47 bits per heavy atom. The van der Waals surface area contributed by atoms with Crippen LogP contribution in [0.1, 0.15) is 88.6 Å². The predicted molar refractivity (Wildman–Crippen MR) is 178 cm³/mol. The van der Waals surface area contributed by atoms with Crippen LogP contribution in [0.25, 0.3) is 0 Å². The summed E-state index contributed by atoms with van der Waals surface area (Å²) in [5.74, 6) is -1.000. The lowest BCUT2D eigenvalue weighted by Crippen LogP contribution is -2.52. The van der Waals surface area contributed by atoms with E-state index in [2.05, 4.69) is 0 Å². The van der Waals surface area contributed by atoms with Crippen molar-refractivity contribution >= 4 is 35.6 Å². The molecule has 0 spiro atoms. The van der Waals surface area contributed by atoms with Crippen molar-refractivity contribution in [3.63, 3.8) is 0 Å². The standard InChI is InChI=1S/C34H56N2O8S/c1-31(2,3)41-27(37)20-35(21-28(38)42-32(4,5)6)18-19-36(22-29(39)43-33(7,8)9)26(30(40)44-34(10,11)12)24-45-23-25-16-14-13-15-17-25/h13-17,26H,18-24H2,1-12H3. The number of hydrogen-bond donors (Lipinski definition) is 0. The van der Waals surface area contributed by atoms with Crippen LogP contribution in [0.2, 0.25) is 0 Å². The molecular weight excluding hydrogens is 596 g/mol. The van der Waals surface area contributed by atoms with E-state index in [9.17, 15) is 19.2 Å². The number of hydrogen-bond acceptors (Lipinski definition) is 11. The van der Waals surface area contributed by atoms with Crippen molar-refractivity contribution in [2.24, 2.45) is 0 Å². The molecule has 0 heterocycles. The first-order valence-corrected chi connectivity index (χ1v) is 16.5. The summed E-state index contributed by atoms with van der Waals surface area (Å²) in [6, 6.07) is 9.08. The molecule has 1 atom stereocenters. The number of esters is 4. The summed E-state index contributed by atoms with van der Waals surface area (Å²) in [5, 5.41) is 0. The average molecular weight is 653 g/mol. The highest BCUT2D eigenvalue weighted by Crippen LogP contribution is 2.20. The molecule has 45 heavy (non-hydrogen) atoms. The molecule has 11 heteroatoms. The number of benzene rings is 1. The van der Waals surface area contributed by atoms with Crippen LogP contribution in [-0.4, -0.2) is 101 Å². The summed E-state index contributed by atoms with van der Waals surface area (Å²) < 4.78 is 22.5. The number of rotatable bonds is 15. The highest BCUT2D eigenvalue weighted by Gasteiger charge is 2.34. The van der Waals surface area contributed by atoms with Gasteiger partial charge in [0.2, 0.25) is 0 Å². The molecule has 1 aromatic rings. The van der Waals surface area contributed by atoms with Gasteiger partial charge in [0, 0.05) is 24.6 Å². The van der Waals surface area contributed by atoms with Gasteiger partial charge in [-0.3, -0.25) is 29.0 Å². The number of thioether (sulfide) groups is 1. The van der Waals surface area contributed by atoms with Gasteiger partial charge >= 0.3 is 23.9 Å². The SMILES string of the molecule is CC(C)(C)OC(=O)CN(CCN(CC(=O)OC(C)(C)C)C(CSCc1ccccc1)C(=O)OC(C)(C)C)CC(=O)OC(C)(C)C. The Kier molecular flexibility index (Phi) is 15.6. The Labute approximate surface area is 274 Å². The third-order valence-electron chi connectivity index (χ3n) is 5.51. The Morgan fingerprint density at radius 2 is 1.04 bits per heavy atom. The van der Waals surface area contributed by atoms with Crippen molar-refractivity contribution < 1.29 is 38.1 Å². The lowest BCUT2D eigenvalue weighted by molar-refractivity contribution is -0.166. The van der Waals surface area contributed by atoms with E-state index in [0.717, 1.165) is 5.56 Å². The van der Waals surface area contributed by atoms with Crippen LogP contribution in [0.15, 0.2) is 30.3 Å². The summed E-state index contributed by atoms with van der Waals surface area (Å²) in [4.78, 5) is 55.7. The molecule has 0 aliphatic carbocycles. The maximum absolute atomic E-state index is 13.6. The van der Waals surface area contributed by atoms with E-state index < -0.39 is 52.3 Å². The van der Waals surface area contributed by atoms with E-state index >= 15 is 0 Å². The Morgan fingerprint density at radius 1 is 0.622 bits per heavy atom.